The summed E-state index contributed by atoms with van der Waals surface area (Å²) in [4.78, 5) is 22.8. The van der Waals surface area contributed by atoms with Crippen LogP contribution in [-0.4, -0.2) is 33.9 Å². The zero-order chi connectivity index (χ0) is 16.8. The Morgan fingerprint density at radius 2 is 1.88 bits per heavy atom. The molecule has 24 heavy (non-hydrogen) atoms. The smallest absolute Gasteiger partial charge is 0.291 e. The number of nitrogens with zero attached hydrogens (tertiary/aromatic N) is 3. The molecule has 0 radical (unpaired) electrons. The summed E-state index contributed by atoms with van der Waals surface area (Å²) in [6, 6.07) is 13.5. The fourth-order valence-corrected chi connectivity index (χ4v) is 2.56. The molecule has 0 saturated heterocycles. The Kier molecular flexibility index (Phi) is 5.01. The topological polar surface area (TPSA) is 59.2 Å². The van der Waals surface area contributed by atoms with Crippen molar-refractivity contribution in [1.29, 1.82) is 0 Å². The van der Waals surface area contributed by atoms with Gasteiger partial charge in [0.25, 0.3) is 5.91 Å². The number of amides is 1. The van der Waals surface area contributed by atoms with Crippen molar-refractivity contribution in [2.45, 2.75) is 13.3 Å². The Morgan fingerprint density at radius 1 is 1.12 bits per heavy atom. The molecule has 0 aliphatic rings. The van der Waals surface area contributed by atoms with Crippen LogP contribution in [0.1, 0.15) is 23.0 Å². The summed E-state index contributed by atoms with van der Waals surface area (Å²) in [5.41, 5.74) is 2.61. The van der Waals surface area contributed by atoms with E-state index in [1.807, 2.05) is 49.4 Å². The first-order valence-electron chi connectivity index (χ1n) is 7.96. The van der Waals surface area contributed by atoms with E-state index in [2.05, 4.69) is 9.97 Å². The molecule has 0 aliphatic carbocycles. The second kappa shape index (κ2) is 7.55. The monoisotopic (exact) mass is 321 g/mol. The first-order valence-corrected chi connectivity index (χ1v) is 7.96. The maximum atomic E-state index is 12.8. The summed E-state index contributed by atoms with van der Waals surface area (Å²) in [5, 5.41) is 0. The van der Waals surface area contributed by atoms with E-state index in [1.54, 1.807) is 17.3 Å². The largest absolute Gasteiger partial charge is 0.438 e. The Balaban J connectivity index is 1.76. The van der Waals surface area contributed by atoms with Crippen LogP contribution >= 0.6 is 0 Å². The third-order valence-electron chi connectivity index (χ3n) is 3.90. The molecule has 1 aromatic carbocycles. The Morgan fingerprint density at radius 3 is 2.58 bits per heavy atom. The Labute approximate surface area is 141 Å². The van der Waals surface area contributed by atoms with Gasteiger partial charge in [0.1, 0.15) is 5.69 Å². The van der Waals surface area contributed by atoms with E-state index < -0.39 is 0 Å². The Bertz CT molecular complexity index is 785. The molecular weight excluding hydrogens is 302 g/mol. The van der Waals surface area contributed by atoms with Gasteiger partial charge in [-0.15, -0.1) is 0 Å². The summed E-state index contributed by atoms with van der Waals surface area (Å²) >= 11 is 0. The molecule has 0 bridgehead atoms. The lowest BCUT2D eigenvalue weighted by molar-refractivity contribution is 0.0735. The molecule has 3 rings (SSSR count). The van der Waals surface area contributed by atoms with Gasteiger partial charge < -0.3 is 9.32 Å². The van der Waals surface area contributed by atoms with Gasteiger partial charge in [0.05, 0.1) is 0 Å². The zero-order valence-electron chi connectivity index (χ0n) is 13.6. The van der Waals surface area contributed by atoms with Crippen molar-refractivity contribution in [1.82, 2.24) is 14.9 Å². The molecule has 0 saturated carbocycles. The number of oxazole rings is 1. The summed E-state index contributed by atoms with van der Waals surface area (Å²) in [6.07, 6.45) is 5.62. The number of likely N-dealkylation sites (N-methyl/N-ethyl adjacent to an activating group) is 1. The molecule has 0 spiro atoms. The number of carbonyl (C=O) groups excluding carboxylic acids is 1. The predicted molar refractivity (Wildman–Crippen MR) is 91.5 cm³/mol. The third-order valence-corrected chi connectivity index (χ3v) is 3.90. The maximum absolute atomic E-state index is 12.8. The highest BCUT2D eigenvalue weighted by Gasteiger charge is 2.23. The van der Waals surface area contributed by atoms with Crippen LogP contribution in [0.25, 0.3) is 11.3 Å². The van der Waals surface area contributed by atoms with Crippen molar-refractivity contribution in [3.63, 3.8) is 0 Å². The van der Waals surface area contributed by atoms with E-state index in [0.29, 0.717) is 18.8 Å². The number of benzene rings is 1. The lowest BCUT2D eigenvalue weighted by Crippen LogP contribution is -2.32. The van der Waals surface area contributed by atoms with Crippen molar-refractivity contribution in [3.8, 4) is 11.3 Å². The highest BCUT2D eigenvalue weighted by Crippen LogP contribution is 2.23. The van der Waals surface area contributed by atoms with E-state index in [9.17, 15) is 4.79 Å². The molecule has 0 fully saturated rings. The van der Waals surface area contributed by atoms with Crippen molar-refractivity contribution >= 4 is 5.91 Å². The fraction of sp³-hybridized carbons (Fsp3) is 0.211. The molecule has 0 atom stereocenters. The average molecular weight is 321 g/mol. The van der Waals surface area contributed by atoms with Gasteiger partial charge in [-0.2, -0.15) is 0 Å². The van der Waals surface area contributed by atoms with Crippen LogP contribution in [0.4, 0.5) is 0 Å². The second-order valence-electron chi connectivity index (χ2n) is 5.39. The number of carbonyl (C=O) groups is 1. The number of rotatable bonds is 6. The van der Waals surface area contributed by atoms with Gasteiger partial charge in [0, 0.05) is 31.0 Å². The molecule has 122 valence electrons. The molecule has 0 unspecified atom stereocenters. The third kappa shape index (κ3) is 3.51. The molecule has 5 nitrogen and oxygen atoms in total. The highest BCUT2D eigenvalue weighted by atomic mass is 16.3. The minimum Gasteiger partial charge on any atom is -0.438 e. The average Bonchev–Trinajstić information content (AvgIpc) is 3.13. The summed E-state index contributed by atoms with van der Waals surface area (Å²) in [7, 11) is 0. The van der Waals surface area contributed by atoms with E-state index in [4.69, 9.17) is 4.42 Å². The lowest BCUT2D eigenvalue weighted by Gasteiger charge is -2.20. The van der Waals surface area contributed by atoms with Gasteiger partial charge in [0.2, 0.25) is 5.76 Å². The van der Waals surface area contributed by atoms with Crippen molar-refractivity contribution in [2.75, 3.05) is 13.1 Å². The Hall–Kier alpha value is -2.95. The standard InChI is InChI=1S/C19H19N3O2/c1-2-22(13-10-15-8-11-20-12-9-15)19(23)18-17(21-14-24-18)16-6-4-3-5-7-16/h3-9,11-12,14H,2,10,13H2,1H3. The zero-order valence-corrected chi connectivity index (χ0v) is 13.6. The molecule has 5 heteroatoms. The predicted octanol–water partition coefficient (Wildman–Crippen LogP) is 3.44. The molecule has 2 aromatic heterocycles. The van der Waals surface area contributed by atoms with Crippen LogP contribution in [0.15, 0.2) is 65.7 Å². The maximum Gasteiger partial charge on any atom is 0.291 e. The van der Waals surface area contributed by atoms with Crippen molar-refractivity contribution in [3.05, 3.63) is 72.6 Å². The number of aromatic nitrogens is 2. The highest BCUT2D eigenvalue weighted by molar-refractivity contribution is 5.97. The SMILES string of the molecule is CCN(CCc1ccncc1)C(=O)c1ocnc1-c1ccccc1. The van der Waals surface area contributed by atoms with Crippen LogP contribution in [0, 0.1) is 0 Å². The number of pyridine rings is 1. The van der Waals surface area contributed by atoms with E-state index in [0.717, 1.165) is 17.5 Å². The van der Waals surface area contributed by atoms with Crippen molar-refractivity contribution < 1.29 is 9.21 Å². The minimum absolute atomic E-state index is 0.136. The van der Waals surface area contributed by atoms with Crippen LogP contribution in [-0.2, 0) is 6.42 Å². The van der Waals surface area contributed by atoms with Gasteiger partial charge >= 0.3 is 0 Å². The second-order valence-corrected chi connectivity index (χ2v) is 5.39. The molecule has 3 aromatic rings. The van der Waals surface area contributed by atoms with E-state index in [1.165, 1.54) is 6.39 Å². The molecule has 0 N–H and O–H groups in total. The van der Waals surface area contributed by atoms with Crippen LogP contribution < -0.4 is 0 Å². The molecular formula is C19H19N3O2. The lowest BCUT2D eigenvalue weighted by atomic mass is 10.1. The molecule has 2 heterocycles. The van der Waals surface area contributed by atoms with E-state index in [-0.39, 0.29) is 11.7 Å². The van der Waals surface area contributed by atoms with Gasteiger partial charge in [-0.25, -0.2) is 4.98 Å². The molecule has 0 aliphatic heterocycles. The quantitative estimate of drug-likeness (QED) is 0.698. The summed E-state index contributed by atoms with van der Waals surface area (Å²) in [5.74, 6) is 0.153. The van der Waals surface area contributed by atoms with Gasteiger partial charge in [-0.1, -0.05) is 30.3 Å². The summed E-state index contributed by atoms with van der Waals surface area (Å²) in [6.45, 7) is 3.19. The normalized spacial score (nSPS) is 10.5. The first kappa shape index (κ1) is 15.9. The molecule has 1 amide bonds. The van der Waals surface area contributed by atoms with E-state index >= 15 is 0 Å². The fourth-order valence-electron chi connectivity index (χ4n) is 2.56. The number of hydrogen-bond acceptors (Lipinski definition) is 4. The van der Waals surface area contributed by atoms with Gasteiger partial charge in [0.15, 0.2) is 6.39 Å². The number of hydrogen-bond donors (Lipinski definition) is 0. The van der Waals surface area contributed by atoms with Gasteiger partial charge in [-0.3, -0.25) is 9.78 Å². The van der Waals surface area contributed by atoms with Crippen LogP contribution in [0.3, 0.4) is 0 Å². The van der Waals surface area contributed by atoms with Crippen LogP contribution in [0.5, 0.6) is 0 Å². The van der Waals surface area contributed by atoms with Gasteiger partial charge in [-0.05, 0) is 31.0 Å². The summed E-state index contributed by atoms with van der Waals surface area (Å²) < 4.78 is 5.40. The first-order chi connectivity index (χ1) is 11.8. The van der Waals surface area contributed by atoms with Crippen LogP contribution in [0.2, 0.25) is 0 Å². The minimum atomic E-state index is -0.136. The van der Waals surface area contributed by atoms with Crippen molar-refractivity contribution in [2.24, 2.45) is 0 Å².